The van der Waals surface area contributed by atoms with E-state index >= 15 is 0 Å². The van der Waals surface area contributed by atoms with Crippen LogP contribution in [0.3, 0.4) is 0 Å². The number of rotatable bonds is 9. The maximum absolute atomic E-state index is 14.8. The Bertz CT molecular complexity index is 1480. The normalized spacial score (nSPS) is 12.2. The van der Waals surface area contributed by atoms with Gasteiger partial charge >= 0.3 is 0 Å². The second-order valence-corrected chi connectivity index (χ2v) is 9.38. The largest absolute Gasteiger partial charge is 0.352 e. The second kappa shape index (κ2) is 10.5. The minimum absolute atomic E-state index is 0.0470. The van der Waals surface area contributed by atoms with Gasteiger partial charge in [-0.2, -0.15) is 0 Å². The molecule has 3 aromatic heterocycles. The average molecular weight is 506 g/mol. The van der Waals surface area contributed by atoms with Gasteiger partial charge in [0.05, 0.1) is 23.8 Å². The van der Waals surface area contributed by atoms with Gasteiger partial charge in [-0.05, 0) is 53.7 Å². The highest BCUT2D eigenvalue weighted by Gasteiger charge is 2.18. The molecule has 5 aromatic rings. The van der Waals surface area contributed by atoms with E-state index in [1.807, 2.05) is 37.3 Å². The van der Waals surface area contributed by atoms with Crippen molar-refractivity contribution in [3.63, 3.8) is 0 Å². The molecule has 7 nitrogen and oxygen atoms in total. The molecular formula is C26H25F2N7S. The van der Waals surface area contributed by atoms with Crippen LogP contribution in [0.15, 0.2) is 61.1 Å². The molecule has 0 aliphatic rings. The van der Waals surface area contributed by atoms with Crippen molar-refractivity contribution in [2.24, 2.45) is 0 Å². The van der Waals surface area contributed by atoms with Crippen molar-refractivity contribution in [2.75, 3.05) is 18.4 Å². The lowest BCUT2D eigenvalue weighted by molar-refractivity contribution is 0.593. The highest BCUT2D eigenvalue weighted by Crippen LogP contribution is 2.41. The summed E-state index contributed by atoms with van der Waals surface area (Å²) in [4.78, 5) is 9.19. The molecule has 0 aliphatic heterocycles. The van der Waals surface area contributed by atoms with E-state index in [-0.39, 0.29) is 17.6 Å². The summed E-state index contributed by atoms with van der Waals surface area (Å²) in [6, 6.07) is 12.7. The van der Waals surface area contributed by atoms with Crippen molar-refractivity contribution in [1.82, 2.24) is 30.3 Å². The first-order valence-corrected chi connectivity index (χ1v) is 12.5. The molecular weight excluding hydrogens is 480 g/mol. The van der Waals surface area contributed by atoms with E-state index in [1.54, 1.807) is 23.1 Å². The zero-order valence-corrected chi connectivity index (χ0v) is 20.7. The number of halogens is 2. The zero-order valence-electron chi connectivity index (χ0n) is 19.9. The minimum atomic E-state index is -0.503. The van der Waals surface area contributed by atoms with Crippen molar-refractivity contribution < 1.29 is 8.78 Å². The second-order valence-electron chi connectivity index (χ2n) is 8.33. The van der Waals surface area contributed by atoms with Crippen LogP contribution < -0.4 is 10.6 Å². The molecule has 0 saturated carbocycles. The highest BCUT2D eigenvalue weighted by atomic mass is 32.1. The van der Waals surface area contributed by atoms with Gasteiger partial charge in [0.15, 0.2) is 5.82 Å². The molecule has 0 amide bonds. The summed E-state index contributed by atoms with van der Waals surface area (Å²) in [7, 11) is 0. The molecule has 2 aromatic carbocycles. The predicted octanol–water partition coefficient (Wildman–Crippen LogP) is 5.68. The minimum Gasteiger partial charge on any atom is -0.352 e. The number of nitrogens with one attached hydrogen (secondary N) is 2. The van der Waals surface area contributed by atoms with E-state index in [4.69, 9.17) is 0 Å². The fraction of sp³-hybridized carbons (Fsp3) is 0.231. The Labute approximate surface area is 211 Å². The van der Waals surface area contributed by atoms with Crippen LogP contribution in [0.1, 0.15) is 25.5 Å². The van der Waals surface area contributed by atoms with Gasteiger partial charge in [0.25, 0.3) is 0 Å². The predicted molar refractivity (Wildman–Crippen MR) is 139 cm³/mol. The van der Waals surface area contributed by atoms with Crippen LogP contribution in [0.4, 0.5) is 14.7 Å². The van der Waals surface area contributed by atoms with Gasteiger partial charge in [-0.25, -0.2) is 18.7 Å². The summed E-state index contributed by atoms with van der Waals surface area (Å²) >= 11 is 1.43. The topological polar surface area (TPSA) is 80.5 Å². The van der Waals surface area contributed by atoms with E-state index in [2.05, 4.69) is 37.8 Å². The number of aromatic nitrogens is 5. The van der Waals surface area contributed by atoms with Crippen molar-refractivity contribution >= 4 is 27.4 Å². The van der Waals surface area contributed by atoms with Crippen LogP contribution in [0, 0.1) is 11.6 Å². The van der Waals surface area contributed by atoms with Gasteiger partial charge in [-0.3, -0.25) is 4.68 Å². The standard InChI is InChI=1S/C26H25F2N7S/c1-3-29-16(2)19-8-7-18(27)14-21(19)20-6-4-5-17-13-23(36-25(17)20)24-22(28)15-31-26(33-24)30-9-11-35-12-10-32-34-35/h4-8,10,12-16,29H,3,9,11H2,1-2H3,(H,30,31,33)/t16-/m1/s1. The van der Waals surface area contributed by atoms with Crippen LogP contribution in [0.25, 0.3) is 31.8 Å². The van der Waals surface area contributed by atoms with E-state index in [9.17, 15) is 8.78 Å². The smallest absolute Gasteiger partial charge is 0.223 e. The Morgan fingerprint density at radius 2 is 2.00 bits per heavy atom. The number of nitrogens with zero attached hydrogens (tertiary/aromatic N) is 5. The van der Waals surface area contributed by atoms with E-state index in [1.165, 1.54) is 23.6 Å². The van der Waals surface area contributed by atoms with Gasteiger partial charge in [-0.1, -0.05) is 36.4 Å². The highest BCUT2D eigenvalue weighted by molar-refractivity contribution is 7.22. The third-order valence-corrected chi connectivity index (χ3v) is 7.09. The van der Waals surface area contributed by atoms with Gasteiger partial charge in [0.1, 0.15) is 11.5 Å². The van der Waals surface area contributed by atoms with E-state index in [0.717, 1.165) is 33.3 Å². The van der Waals surface area contributed by atoms with Crippen LogP contribution in [-0.4, -0.2) is 38.1 Å². The Morgan fingerprint density at radius 1 is 1.11 bits per heavy atom. The number of fused-ring (bicyclic) bond motifs is 1. The fourth-order valence-electron chi connectivity index (χ4n) is 4.21. The summed E-state index contributed by atoms with van der Waals surface area (Å²) in [5.74, 6) is -0.470. The summed E-state index contributed by atoms with van der Waals surface area (Å²) in [6.45, 7) is 5.99. The lowest BCUT2D eigenvalue weighted by Gasteiger charge is -2.18. The Balaban J connectivity index is 1.50. The van der Waals surface area contributed by atoms with E-state index < -0.39 is 5.82 Å². The van der Waals surface area contributed by atoms with Gasteiger partial charge < -0.3 is 10.6 Å². The fourth-order valence-corrected chi connectivity index (χ4v) is 5.39. The van der Waals surface area contributed by atoms with Crippen molar-refractivity contribution in [1.29, 1.82) is 0 Å². The third kappa shape index (κ3) is 4.95. The molecule has 2 N–H and O–H groups in total. The first-order chi connectivity index (χ1) is 17.5. The molecule has 3 heterocycles. The third-order valence-electron chi connectivity index (χ3n) is 5.90. The first-order valence-electron chi connectivity index (χ1n) is 11.7. The molecule has 0 spiro atoms. The Kier molecular flexibility index (Phi) is 6.97. The molecule has 36 heavy (non-hydrogen) atoms. The molecule has 184 valence electrons. The van der Waals surface area contributed by atoms with E-state index in [0.29, 0.717) is 23.9 Å². The van der Waals surface area contributed by atoms with Gasteiger partial charge in [0.2, 0.25) is 5.95 Å². The number of hydrogen-bond acceptors (Lipinski definition) is 7. The van der Waals surface area contributed by atoms with Crippen LogP contribution in [-0.2, 0) is 6.54 Å². The molecule has 1 atom stereocenters. The molecule has 0 saturated heterocycles. The first kappa shape index (κ1) is 24.0. The molecule has 0 bridgehead atoms. The molecule has 0 radical (unpaired) electrons. The summed E-state index contributed by atoms with van der Waals surface area (Å²) < 4.78 is 31.8. The number of anilines is 1. The quantitative estimate of drug-likeness (QED) is 0.268. The Hall–Kier alpha value is -3.76. The SMILES string of the molecule is CCN[C@H](C)c1ccc(F)cc1-c1cccc2cc(-c3nc(NCCn4ccnn4)ncc3F)sc12. The van der Waals surface area contributed by atoms with Gasteiger partial charge in [0, 0.05) is 23.5 Å². The zero-order chi connectivity index (χ0) is 25.1. The van der Waals surface area contributed by atoms with Crippen LogP contribution >= 0.6 is 11.3 Å². The number of hydrogen-bond donors (Lipinski definition) is 2. The number of benzene rings is 2. The lowest BCUT2D eigenvalue weighted by Crippen LogP contribution is -2.18. The Morgan fingerprint density at radius 3 is 2.81 bits per heavy atom. The summed E-state index contributed by atoms with van der Waals surface area (Å²) in [5, 5.41) is 15.1. The average Bonchev–Trinajstić information content (AvgIpc) is 3.55. The molecule has 10 heteroatoms. The summed E-state index contributed by atoms with van der Waals surface area (Å²) in [6.07, 6.45) is 4.54. The monoisotopic (exact) mass is 505 g/mol. The molecule has 0 fully saturated rings. The van der Waals surface area contributed by atoms with Crippen molar-refractivity contribution in [2.45, 2.75) is 26.4 Å². The van der Waals surface area contributed by atoms with Gasteiger partial charge in [-0.15, -0.1) is 16.4 Å². The molecule has 5 rings (SSSR count). The van der Waals surface area contributed by atoms with Crippen molar-refractivity contribution in [3.8, 4) is 21.7 Å². The molecule has 0 aliphatic carbocycles. The van der Waals surface area contributed by atoms with Crippen molar-refractivity contribution in [3.05, 3.63) is 78.3 Å². The molecule has 0 unspecified atom stereocenters. The maximum atomic E-state index is 14.8. The lowest BCUT2D eigenvalue weighted by atomic mass is 9.94. The van der Waals surface area contributed by atoms with Crippen LogP contribution in [0.2, 0.25) is 0 Å². The number of thiophene rings is 1. The maximum Gasteiger partial charge on any atom is 0.223 e. The summed E-state index contributed by atoms with van der Waals surface area (Å²) in [5.41, 5.74) is 2.96. The van der Waals surface area contributed by atoms with Crippen LogP contribution in [0.5, 0.6) is 0 Å².